The SMILES string of the molecule is C=CCC(=O)Nc1ccc(O)c(C(=O)O)c1. The standard InChI is InChI=1S/C11H11NO4/c1-2-3-10(14)12-7-4-5-9(13)8(6-7)11(15)16/h2,4-6,13H,1,3H2,(H,12,14)(H,15,16). The van der Waals surface area contributed by atoms with Gasteiger partial charge in [-0.3, -0.25) is 4.79 Å². The van der Waals surface area contributed by atoms with E-state index in [1.807, 2.05) is 0 Å². The Morgan fingerprint density at radius 3 is 2.69 bits per heavy atom. The first kappa shape index (κ1) is 11.8. The fourth-order valence-corrected chi connectivity index (χ4v) is 1.13. The molecule has 84 valence electrons. The second-order valence-electron chi connectivity index (χ2n) is 3.08. The Morgan fingerprint density at radius 1 is 1.44 bits per heavy atom. The number of hydrogen-bond donors (Lipinski definition) is 3. The second-order valence-corrected chi connectivity index (χ2v) is 3.08. The summed E-state index contributed by atoms with van der Waals surface area (Å²) in [7, 11) is 0. The monoisotopic (exact) mass is 221 g/mol. The molecule has 0 aliphatic carbocycles. The Morgan fingerprint density at radius 2 is 2.12 bits per heavy atom. The van der Waals surface area contributed by atoms with Gasteiger partial charge in [-0.2, -0.15) is 0 Å². The molecule has 0 bridgehead atoms. The summed E-state index contributed by atoms with van der Waals surface area (Å²) >= 11 is 0. The van der Waals surface area contributed by atoms with Crippen molar-refractivity contribution in [3.8, 4) is 5.75 Å². The normalized spacial score (nSPS) is 9.50. The first-order valence-electron chi connectivity index (χ1n) is 4.51. The Balaban J connectivity index is 2.90. The molecule has 1 rings (SSSR count). The van der Waals surface area contributed by atoms with Crippen LogP contribution < -0.4 is 5.32 Å². The molecule has 1 aromatic carbocycles. The molecule has 5 heteroatoms. The summed E-state index contributed by atoms with van der Waals surface area (Å²) < 4.78 is 0. The van der Waals surface area contributed by atoms with Crippen LogP contribution in [0.15, 0.2) is 30.9 Å². The van der Waals surface area contributed by atoms with E-state index in [1.54, 1.807) is 0 Å². The molecule has 0 aliphatic heterocycles. The Kier molecular flexibility index (Phi) is 3.66. The van der Waals surface area contributed by atoms with E-state index in [4.69, 9.17) is 5.11 Å². The molecule has 0 fully saturated rings. The summed E-state index contributed by atoms with van der Waals surface area (Å²) in [4.78, 5) is 21.9. The number of benzene rings is 1. The van der Waals surface area contributed by atoms with E-state index < -0.39 is 5.97 Å². The van der Waals surface area contributed by atoms with Crippen LogP contribution >= 0.6 is 0 Å². The van der Waals surface area contributed by atoms with Crippen LogP contribution in [0.2, 0.25) is 0 Å². The van der Waals surface area contributed by atoms with Crippen molar-refractivity contribution in [3.63, 3.8) is 0 Å². The lowest BCUT2D eigenvalue weighted by Crippen LogP contribution is -2.10. The molecule has 0 heterocycles. The highest BCUT2D eigenvalue weighted by Gasteiger charge is 2.10. The Bertz CT molecular complexity index is 440. The molecule has 0 aliphatic rings. The number of nitrogens with one attached hydrogen (secondary N) is 1. The van der Waals surface area contributed by atoms with Crippen LogP contribution in [0.3, 0.4) is 0 Å². The molecular formula is C11H11NO4. The molecule has 5 nitrogen and oxygen atoms in total. The molecule has 0 unspecified atom stereocenters. The summed E-state index contributed by atoms with van der Waals surface area (Å²) in [5, 5.41) is 20.5. The minimum Gasteiger partial charge on any atom is -0.507 e. The van der Waals surface area contributed by atoms with Crippen molar-refractivity contribution in [2.75, 3.05) is 5.32 Å². The topological polar surface area (TPSA) is 86.6 Å². The largest absolute Gasteiger partial charge is 0.507 e. The molecule has 0 saturated carbocycles. The minimum absolute atomic E-state index is 0.142. The van der Waals surface area contributed by atoms with Crippen LogP contribution in [0.1, 0.15) is 16.8 Å². The quantitative estimate of drug-likeness (QED) is 0.532. The van der Waals surface area contributed by atoms with Crippen molar-refractivity contribution in [2.45, 2.75) is 6.42 Å². The highest BCUT2D eigenvalue weighted by atomic mass is 16.4. The van der Waals surface area contributed by atoms with Gasteiger partial charge >= 0.3 is 5.97 Å². The number of phenols is 1. The van der Waals surface area contributed by atoms with Crippen molar-refractivity contribution in [2.24, 2.45) is 0 Å². The number of carbonyl (C=O) groups is 2. The lowest BCUT2D eigenvalue weighted by molar-refractivity contribution is -0.115. The number of aromatic carboxylic acids is 1. The van der Waals surface area contributed by atoms with Gasteiger partial charge in [0.1, 0.15) is 11.3 Å². The van der Waals surface area contributed by atoms with E-state index in [0.717, 1.165) is 0 Å². The lowest BCUT2D eigenvalue weighted by atomic mass is 10.1. The number of rotatable bonds is 4. The van der Waals surface area contributed by atoms with Crippen molar-refractivity contribution >= 4 is 17.6 Å². The molecular weight excluding hydrogens is 210 g/mol. The maximum absolute atomic E-state index is 11.2. The number of aromatic hydroxyl groups is 1. The summed E-state index contributed by atoms with van der Waals surface area (Å²) in [6, 6.07) is 3.83. The van der Waals surface area contributed by atoms with Gasteiger partial charge in [-0.15, -0.1) is 6.58 Å². The molecule has 0 saturated heterocycles. The van der Waals surface area contributed by atoms with E-state index in [9.17, 15) is 14.7 Å². The third-order valence-electron chi connectivity index (χ3n) is 1.84. The fourth-order valence-electron chi connectivity index (χ4n) is 1.13. The van der Waals surface area contributed by atoms with Gasteiger partial charge in [0.25, 0.3) is 0 Å². The van der Waals surface area contributed by atoms with Crippen LogP contribution in [0.4, 0.5) is 5.69 Å². The third kappa shape index (κ3) is 2.84. The maximum atomic E-state index is 11.2. The Hall–Kier alpha value is -2.30. The van der Waals surface area contributed by atoms with Gasteiger partial charge in [-0.1, -0.05) is 6.08 Å². The highest BCUT2D eigenvalue weighted by molar-refractivity contribution is 5.95. The summed E-state index contributed by atoms with van der Waals surface area (Å²) in [6.07, 6.45) is 1.58. The van der Waals surface area contributed by atoms with Crippen molar-refractivity contribution in [1.29, 1.82) is 0 Å². The van der Waals surface area contributed by atoms with Gasteiger partial charge in [-0.05, 0) is 18.2 Å². The van der Waals surface area contributed by atoms with Gasteiger partial charge < -0.3 is 15.5 Å². The molecule has 1 amide bonds. The van der Waals surface area contributed by atoms with Gasteiger partial charge in [0.2, 0.25) is 5.91 Å². The van der Waals surface area contributed by atoms with Crippen molar-refractivity contribution in [3.05, 3.63) is 36.4 Å². The smallest absolute Gasteiger partial charge is 0.339 e. The predicted octanol–water partition coefficient (Wildman–Crippen LogP) is 1.60. The zero-order valence-electron chi connectivity index (χ0n) is 8.43. The van der Waals surface area contributed by atoms with Crippen LogP contribution in [0, 0.1) is 0 Å². The van der Waals surface area contributed by atoms with Gasteiger partial charge in [0.05, 0.1) is 0 Å². The Labute approximate surface area is 92.0 Å². The van der Waals surface area contributed by atoms with E-state index in [2.05, 4.69) is 11.9 Å². The predicted molar refractivity (Wildman–Crippen MR) is 58.5 cm³/mol. The number of carbonyl (C=O) groups excluding carboxylic acids is 1. The van der Waals surface area contributed by atoms with Crippen LogP contribution in [0.25, 0.3) is 0 Å². The average Bonchev–Trinajstić information content (AvgIpc) is 2.21. The number of amides is 1. The van der Waals surface area contributed by atoms with E-state index in [1.165, 1.54) is 24.3 Å². The zero-order chi connectivity index (χ0) is 12.1. The van der Waals surface area contributed by atoms with Crippen LogP contribution in [0.5, 0.6) is 5.75 Å². The van der Waals surface area contributed by atoms with Gasteiger partial charge in [0.15, 0.2) is 0 Å². The molecule has 3 N–H and O–H groups in total. The number of carboxylic acids is 1. The number of anilines is 1. The van der Waals surface area contributed by atoms with Crippen molar-refractivity contribution in [1.82, 2.24) is 0 Å². The van der Waals surface area contributed by atoms with E-state index in [0.29, 0.717) is 5.69 Å². The first-order valence-corrected chi connectivity index (χ1v) is 4.51. The summed E-state index contributed by atoms with van der Waals surface area (Å²) in [5.74, 6) is -1.89. The van der Waals surface area contributed by atoms with E-state index >= 15 is 0 Å². The maximum Gasteiger partial charge on any atom is 0.339 e. The molecule has 0 aromatic heterocycles. The second kappa shape index (κ2) is 4.97. The van der Waals surface area contributed by atoms with E-state index in [-0.39, 0.29) is 23.6 Å². The zero-order valence-corrected chi connectivity index (χ0v) is 8.43. The summed E-state index contributed by atoms with van der Waals surface area (Å²) in [6.45, 7) is 3.41. The molecule has 1 aromatic rings. The molecule has 0 radical (unpaired) electrons. The van der Waals surface area contributed by atoms with Crippen LogP contribution in [-0.4, -0.2) is 22.1 Å². The molecule has 0 spiro atoms. The van der Waals surface area contributed by atoms with Crippen LogP contribution in [-0.2, 0) is 4.79 Å². The fraction of sp³-hybridized carbons (Fsp3) is 0.0909. The molecule has 16 heavy (non-hydrogen) atoms. The van der Waals surface area contributed by atoms with Crippen molar-refractivity contribution < 1.29 is 19.8 Å². The summed E-state index contributed by atoms with van der Waals surface area (Å²) in [5.41, 5.74) is 0.0680. The third-order valence-corrected chi connectivity index (χ3v) is 1.84. The first-order chi connectivity index (χ1) is 7.54. The number of carboxylic acid groups (broad SMARTS) is 1. The van der Waals surface area contributed by atoms with Gasteiger partial charge in [0, 0.05) is 12.1 Å². The van der Waals surface area contributed by atoms with Gasteiger partial charge in [-0.25, -0.2) is 4.79 Å². The highest BCUT2D eigenvalue weighted by Crippen LogP contribution is 2.21. The molecule has 0 atom stereocenters. The average molecular weight is 221 g/mol. The minimum atomic E-state index is -1.25. The lowest BCUT2D eigenvalue weighted by Gasteiger charge is -2.05. The number of hydrogen-bond acceptors (Lipinski definition) is 3.